The van der Waals surface area contributed by atoms with E-state index in [2.05, 4.69) is 6.58 Å². The Hall–Kier alpha value is -2.94. The van der Waals surface area contributed by atoms with E-state index in [0.717, 1.165) is 11.1 Å². The maximum atomic E-state index is 13.7. The number of hydrogen-bond acceptors (Lipinski definition) is 9. The molecule has 1 aromatic rings. The predicted molar refractivity (Wildman–Crippen MR) is 132 cm³/mol. The molecule has 0 amide bonds. The van der Waals surface area contributed by atoms with Crippen molar-refractivity contribution in [1.82, 2.24) is 0 Å². The zero-order chi connectivity index (χ0) is 27.8. The van der Waals surface area contributed by atoms with Gasteiger partial charge in [-0.2, -0.15) is 0 Å². The van der Waals surface area contributed by atoms with Crippen LogP contribution in [-0.4, -0.2) is 48.6 Å². The van der Waals surface area contributed by atoms with Crippen molar-refractivity contribution in [3.63, 3.8) is 0 Å². The second kappa shape index (κ2) is 8.53. The normalized spacial score (nSPS) is 40.3. The minimum Gasteiger partial charge on any atom is -0.472 e. The lowest BCUT2D eigenvalue weighted by Gasteiger charge is -2.70. The molecule has 9 nitrogen and oxygen atoms in total. The molecule has 0 radical (unpaired) electrons. The molecule has 2 aliphatic carbocycles. The molecular formula is C29H36O9. The van der Waals surface area contributed by atoms with Crippen molar-refractivity contribution < 1.29 is 42.5 Å². The van der Waals surface area contributed by atoms with E-state index in [9.17, 15) is 19.2 Å². The highest BCUT2D eigenvalue weighted by Crippen LogP contribution is 2.71. The summed E-state index contributed by atoms with van der Waals surface area (Å²) >= 11 is 0. The number of Topliss-reactive ketones (excluding diaryl/α,β-unsaturated/α-hetero) is 1. The zero-order valence-corrected chi connectivity index (χ0v) is 22.8. The van der Waals surface area contributed by atoms with Crippen molar-refractivity contribution >= 4 is 23.7 Å². The number of ether oxygens (including phenoxy) is 4. The fraction of sp³-hybridized carbons (Fsp3) is 0.655. The van der Waals surface area contributed by atoms with Crippen LogP contribution in [0.25, 0.3) is 0 Å². The van der Waals surface area contributed by atoms with Gasteiger partial charge in [-0.15, -0.1) is 0 Å². The maximum Gasteiger partial charge on any atom is 0.347 e. The average Bonchev–Trinajstić information content (AvgIpc) is 3.36. The van der Waals surface area contributed by atoms with Gasteiger partial charge in [-0.1, -0.05) is 34.3 Å². The Morgan fingerprint density at radius 3 is 2.50 bits per heavy atom. The van der Waals surface area contributed by atoms with Crippen molar-refractivity contribution in [3.05, 3.63) is 36.3 Å². The van der Waals surface area contributed by atoms with Gasteiger partial charge >= 0.3 is 17.9 Å². The monoisotopic (exact) mass is 528 g/mol. The Morgan fingerprint density at radius 2 is 1.89 bits per heavy atom. The molecule has 9 heteroatoms. The van der Waals surface area contributed by atoms with Gasteiger partial charge in [0.1, 0.15) is 17.5 Å². The summed E-state index contributed by atoms with van der Waals surface area (Å²) in [5.74, 6) is -2.85. The number of methoxy groups -OCH3 is 1. The molecule has 38 heavy (non-hydrogen) atoms. The number of hydrogen-bond donors (Lipinski definition) is 0. The molecule has 2 saturated heterocycles. The summed E-state index contributed by atoms with van der Waals surface area (Å²) in [5, 5.41) is 0. The molecule has 0 N–H and O–H groups in total. The van der Waals surface area contributed by atoms with E-state index in [4.69, 9.17) is 23.4 Å². The van der Waals surface area contributed by atoms with E-state index < -0.39 is 64.0 Å². The molecular weight excluding hydrogens is 492 g/mol. The van der Waals surface area contributed by atoms with Crippen LogP contribution in [0.1, 0.15) is 72.0 Å². The Kier molecular flexibility index (Phi) is 5.98. The van der Waals surface area contributed by atoms with Crippen molar-refractivity contribution in [2.75, 3.05) is 7.11 Å². The summed E-state index contributed by atoms with van der Waals surface area (Å²) in [6, 6.07) is 1.78. The number of fused-ring (bicyclic) bond motifs is 3. The Balaban J connectivity index is 1.66. The molecule has 0 aromatic carbocycles. The summed E-state index contributed by atoms with van der Waals surface area (Å²) < 4.78 is 28.8. The second-order valence-corrected chi connectivity index (χ2v) is 12.3. The van der Waals surface area contributed by atoms with Crippen LogP contribution in [0.2, 0.25) is 0 Å². The molecule has 206 valence electrons. The van der Waals surface area contributed by atoms with Gasteiger partial charge in [-0.3, -0.25) is 14.4 Å². The number of carbonyl (C=O) groups excluding carboxylic acids is 4. The standard InChI is InChI=1S/C29H36O9/c1-15-18-8-10-27(5)24(17-9-11-35-14-17)37-21(32)13-29(15,27)38-20-12-19(31)26(3,4)23(28(18,20)6)22(25(33)34-7)36-16(2)30/h9,11,14,18,20,22-24H,1,8,10,12-13H2,2-7H3/t18?,20?,22?,23?,24?,27-,28+,29+/m0/s1. The minimum atomic E-state index is -1.31. The van der Waals surface area contributed by atoms with Gasteiger partial charge < -0.3 is 23.4 Å². The van der Waals surface area contributed by atoms with E-state index in [1.807, 2.05) is 13.8 Å². The highest BCUT2D eigenvalue weighted by atomic mass is 16.6. The molecule has 1 aromatic heterocycles. The topological polar surface area (TPSA) is 118 Å². The lowest BCUT2D eigenvalue weighted by molar-refractivity contribution is -0.303. The van der Waals surface area contributed by atoms with E-state index >= 15 is 0 Å². The van der Waals surface area contributed by atoms with Gasteiger partial charge in [-0.05, 0) is 30.4 Å². The largest absolute Gasteiger partial charge is 0.472 e. The van der Waals surface area contributed by atoms with E-state index in [1.54, 1.807) is 32.4 Å². The van der Waals surface area contributed by atoms with Gasteiger partial charge in [0.2, 0.25) is 6.10 Å². The molecule has 5 unspecified atom stereocenters. The van der Waals surface area contributed by atoms with Gasteiger partial charge in [0.05, 0.1) is 32.2 Å². The van der Waals surface area contributed by atoms with Crippen LogP contribution >= 0.6 is 0 Å². The van der Waals surface area contributed by atoms with Gasteiger partial charge in [0.25, 0.3) is 0 Å². The Bertz CT molecular complexity index is 1200. The minimum absolute atomic E-state index is 0.0214. The molecule has 2 bridgehead atoms. The fourth-order valence-corrected chi connectivity index (χ4v) is 8.34. The summed E-state index contributed by atoms with van der Waals surface area (Å²) in [6.07, 6.45) is 1.93. The first kappa shape index (κ1) is 26.7. The average molecular weight is 529 g/mol. The van der Waals surface area contributed by atoms with Crippen LogP contribution in [0.15, 0.2) is 35.2 Å². The zero-order valence-electron chi connectivity index (χ0n) is 22.8. The van der Waals surface area contributed by atoms with Crippen molar-refractivity contribution in [3.8, 4) is 0 Å². The first-order chi connectivity index (χ1) is 17.7. The SMILES string of the molecule is C=C1C2CC[C@@]3(C)C(c4ccoc4)OC(=O)C[C@@]13OC1CC(=O)C(C)(C)C(C(OC(C)=O)C(=O)OC)[C@@]12C. The van der Waals surface area contributed by atoms with Gasteiger partial charge in [0.15, 0.2) is 0 Å². The molecule has 4 aliphatic rings. The molecule has 3 heterocycles. The lowest BCUT2D eigenvalue weighted by Crippen LogP contribution is -2.74. The smallest absolute Gasteiger partial charge is 0.347 e. The van der Waals surface area contributed by atoms with E-state index in [0.29, 0.717) is 12.8 Å². The fourth-order valence-electron chi connectivity index (χ4n) is 8.34. The van der Waals surface area contributed by atoms with Crippen LogP contribution in [0.5, 0.6) is 0 Å². The summed E-state index contributed by atoms with van der Waals surface area (Å²) in [4.78, 5) is 52.0. The van der Waals surface area contributed by atoms with E-state index in [-0.39, 0.29) is 24.5 Å². The first-order valence-electron chi connectivity index (χ1n) is 13.1. The van der Waals surface area contributed by atoms with Crippen LogP contribution in [0.4, 0.5) is 0 Å². The molecule has 2 saturated carbocycles. The van der Waals surface area contributed by atoms with Gasteiger partial charge in [-0.25, -0.2) is 4.79 Å². The highest BCUT2D eigenvalue weighted by molar-refractivity contribution is 5.89. The van der Waals surface area contributed by atoms with Crippen LogP contribution in [-0.2, 0) is 38.1 Å². The lowest BCUT2D eigenvalue weighted by atomic mass is 9.41. The quantitative estimate of drug-likeness (QED) is 0.323. The van der Waals surface area contributed by atoms with Crippen molar-refractivity contribution in [2.45, 2.75) is 84.2 Å². The Labute approximate surface area is 222 Å². The molecule has 2 aliphatic heterocycles. The highest BCUT2D eigenvalue weighted by Gasteiger charge is 2.74. The van der Waals surface area contributed by atoms with Crippen LogP contribution in [0, 0.1) is 28.1 Å². The number of ketones is 1. The second-order valence-electron chi connectivity index (χ2n) is 12.3. The third kappa shape index (κ3) is 3.33. The maximum absolute atomic E-state index is 13.7. The van der Waals surface area contributed by atoms with Gasteiger partial charge in [0, 0.05) is 41.1 Å². The molecule has 1 spiro atoms. The third-order valence-electron chi connectivity index (χ3n) is 10.2. The first-order valence-corrected chi connectivity index (χ1v) is 13.1. The Morgan fingerprint density at radius 1 is 1.18 bits per heavy atom. The van der Waals surface area contributed by atoms with Crippen LogP contribution < -0.4 is 0 Å². The van der Waals surface area contributed by atoms with E-state index in [1.165, 1.54) is 14.0 Å². The number of carbonyl (C=O) groups is 4. The molecule has 5 rings (SSSR count). The number of rotatable bonds is 4. The number of furan rings is 1. The predicted octanol–water partition coefficient (Wildman–Crippen LogP) is 4.10. The third-order valence-corrected chi connectivity index (χ3v) is 10.2. The number of cyclic esters (lactones) is 1. The summed E-state index contributed by atoms with van der Waals surface area (Å²) in [6.45, 7) is 13.4. The molecule has 8 atom stereocenters. The summed E-state index contributed by atoms with van der Waals surface area (Å²) in [5.41, 5.74) is -2.10. The van der Waals surface area contributed by atoms with Crippen molar-refractivity contribution in [1.29, 1.82) is 0 Å². The van der Waals surface area contributed by atoms with Crippen molar-refractivity contribution in [2.24, 2.45) is 28.1 Å². The van der Waals surface area contributed by atoms with Crippen LogP contribution in [0.3, 0.4) is 0 Å². The number of esters is 3. The molecule has 4 fully saturated rings. The summed E-state index contributed by atoms with van der Waals surface area (Å²) in [7, 11) is 1.23.